The van der Waals surface area contributed by atoms with Gasteiger partial charge in [0.1, 0.15) is 11.5 Å². The number of amides is 1. The summed E-state index contributed by atoms with van der Waals surface area (Å²) in [4.78, 5) is 17.9. The van der Waals surface area contributed by atoms with Crippen LogP contribution in [0.1, 0.15) is 11.3 Å². The molecule has 156 valence electrons. The standard InChI is InChI=1S/C24H20N2O3S2/c1-28-19-9-7-18(8-10-19)22-16-31-24(25-22)26-23(27)13-6-17-4-11-21(12-5-17)30-15-20-3-2-14-29-20/h2-14,16H,15H2,1H3,(H,25,26,27)/b13-6-. The fraction of sp³-hybridized carbons (Fsp3) is 0.0833. The summed E-state index contributed by atoms with van der Waals surface area (Å²) in [5.74, 6) is 2.31. The SMILES string of the molecule is COc1ccc(-c2csc(NC(=O)/C=C\c3ccc(SCc4ccco4)cc3)n2)cc1. The molecule has 0 unspecified atom stereocenters. The minimum absolute atomic E-state index is 0.216. The van der Waals surface area contributed by atoms with Gasteiger partial charge in [-0.05, 0) is 60.2 Å². The molecule has 2 heterocycles. The normalized spacial score (nSPS) is 11.0. The maximum atomic E-state index is 12.3. The van der Waals surface area contributed by atoms with Gasteiger partial charge in [0.25, 0.3) is 0 Å². The van der Waals surface area contributed by atoms with E-state index >= 15 is 0 Å². The number of nitrogens with zero attached hydrogens (tertiary/aromatic N) is 1. The number of hydrogen-bond donors (Lipinski definition) is 1. The predicted octanol–water partition coefficient (Wildman–Crippen LogP) is 6.36. The van der Waals surface area contributed by atoms with E-state index in [1.54, 1.807) is 31.2 Å². The van der Waals surface area contributed by atoms with E-state index < -0.39 is 0 Å². The van der Waals surface area contributed by atoms with Gasteiger partial charge in [0.05, 0.1) is 24.8 Å². The third-order valence-electron chi connectivity index (χ3n) is 4.39. The van der Waals surface area contributed by atoms with Crippen LogP contribution in [-0.4, -0.2) is 18.0 Å². The van der Waals surface area contributed by atoms with Gasteiger partial charge in [-0.3, -0.25) is 10.1 Å². The zero-order valence-corrected chi connectivity index (χ0v) is 18.4. The van der Waals surface area contributed by atoms with Crippen LogP contribution in [0.5, 0.6) is 5.75 Å². The second-order valence-corrected chi connectivity index (χ2v) is 8.43. The van der Waals surface area contributed by atoms with E-state index in [-0.39, 0.29) is 5.91 Å². The molecule has 0 bridgehead atoms. The molecule has 2 aromatic heterocycles. The molecule has 2 aromatic carbocycles. The number of thiazole rings is 1. The number of thioether (sulfide) groups is 1. The molecule has 0 radical (unpaired) electrons. The predicted molar refractivity (Wildman–Crippen MR) is 126 cm³/mol. The Labute approximate surface area is 188 Å². The Morgan fingerprint density at radius 3 is 2.68 bits per heavy atom. The molecular formula is C24H20N2O3S2. The van der Waals surface area contributed by atoms with Gasteiger partial charge < -0.3 is 9.15 Å². The van der Waals surface area contributed by atoms with Crippen molar-refractivity contribution in [3.63, 3.8) is 0 Å². The number of methoxy groups -OCH3 is 1. The van der Waals surface area contributed by atoms with Crippen molar-refractivity contribution in [2.45, 2.75) is 10.6 Å². The van der Waals surface area contributed by atoms with E-state index in [0.29, 0.717) is 5.13 Å². The highest BCUT2D eigenvalue weighted by Crippen LogP contribution is 2.27. The van der Waals surface area contributed by atoms with Crippen molar-refractivity contribution in [2.24, 2.45) is 0 Å². The van der Waals surface area contributed by atoms with E-state index in [9.17, 15) is 4.79 Å². The summed E-state index contributed by atoms with van der Waals surface area (Å²) < 4.78 is 10.5. The second kappa shape index (κ2) is 10.1. The summed E-state index contributed by atoms with van der Waals surface area (Å²) in [7, 11) is 1.63. The van der Waals surface area contributed by atoms with Gasteiger partial charge in [-0.1, -0.05) is 12.1 Å². The van der Waals surface area contributed by atoms with Gasteiger partial charge in [0.15, 0.2) is 5.13 Å². The van der Waals surface area contributed by atoms with E-state index in [1.807, 2.05) is 66.0 Å². The molecular weight excluding hydrogens is 428 g/mol. The topological polar surface area (TPSA) is 64.4 Å². The summed E-state index contributed by atoms with van der Waals surface area (Å²) in [5, 5.41) is 5.29. The molecule has 0 aliphatic carbocycles. The molecule has 0 saturated carbocycles. The monoisotopic (exact) mass is 448 g/mol. The molecule has 0 aliphatic heterocycles. The van der Waals surface area contributed by atoms with Crippen LogP contribution in [0.2, 0.25) is 0 Å². The van der Waals surface area contributed by atoms with Crippen molar-refractivity contribution < 1.29 is 13.9 Å². The maximum absolute atomic E-state index is 12.3. The van der Waals surface area contributed by atoms with Gasteiger partial charge in [-0.15, -0.1) is 23.1 Å². The zero-order valence-electron chi connectivity index (χ0n) is 16.8. The van der Waals surface area contributed by atoms with Crippen LogP contribution >= 0.6 is 23.1 Å². The minimum Gasteiger partial charge on any atom is -0.497 e. The van der Waals surface area contributed by atoms with E-state index in [2.05, 4.69) is 10.3 Å². The molecule has 0 aliphatic rings. The fourth-order valence-corrected chi connectivity index (χ4v) is 4.29. The lowest BCUT2D eigenvalue weighted by Gasteiger charge is -2.01. The maximum Gasteiger partial charge on any atom is 0.250 e. The number of furan rings is 1. The quantitative estimate of drug-likeness (QED) is 0.251. The Bertz CT molecular complexity index is 1150. The summed E-state index contributed by atoms with van der Waals surface area (Å²) in [6.07, 6.45) is 4.98. The smallest absolute Gasteiger partial charge is 0.250 e. The van der Waals surface area contributed by atoms with E-state index in [4.69, 9.17) is 9.15 Å². The highest BCUT2D eigenvalue weighted by Gasteiger charge is 2.07. The highest BCUT2D eigenvalue weighted by molar-refractivity contribution is 7.98. The number of carbonyl (C=O) groups is 1. The first kappa shape index (κ1) is 21.0. The number of benzene rings is 2. The molecule has 31 heavy (non-hydrogen) atoms. The molecule has 1 amide bonds. The fourth-order valence-electron chi connectivity index (χ4n) is 2.77. The summed E-state index contributed by atoms with van der Waals surface area (Å²) >= 11 is 3.10. The summed E-state index contributed by atoms with van der Waals surface area (Å²) in [6, 6.07) is 19.5. The molecule has 7 heteroatoms. The number of hydrogen-bond acceptors (Lipinski definition) is 6. The number of anilines is 1. The summed E-state index contributed by atoms with van der Waals surface area (Å²) in [5.41, 5.74) is 2.74. The van der Waals surface area contributed by atoms with Crippen LogP contribution in [-0.2, 0) is 10.5 Å². The Morgan fingerprint density at radius 1 is 1.16 bits per heavy atom. The van der Waals surface area contributed by atoms with Crippen LogP contribution < -0.4 is 10.1 Å². The van der Waals surface area contributed by atoms with Crippen LogP contribution in [0.3, 0.4) is 0 Å². The van der Waals surface area contributed by atoms with Crippen LogP contribution in [0.15, 0.2) is 87.7 Å². The van der Waals surface area contributed by atoms with Crippen molar-refractivity contribution in [1.82, 2.24) is 4.98 Å². The Hall–Kier alpha value is -3.29. The lowest BCUT2D eigenvalue weighted by Crippen LogP contribution is -2.07. The number of carbonyl (C=O) groups excluding carboxylic acids is 1. The zero-order chi connectivity index (χ0) is 21.5. The number of aromatic nitrogens is 1. The largest absolute Gasteiger partial charge is 0.497 e. The second-order valence-electron chi connectivity index (χ2n) is 6.53. The lowest BCUT2D eigenvalue weighted by molar-refractivity contribution is -0.111. The summed E-state index contributed by atoms with van der Waals surface area (Å²) in [6.45, 7) is 0. The van der Waals surface area contributed by atoms with Crippen molar-refractivity contribution in [3.05, 3.63) is 89.7 Å². The van der Waals surface area contributed by atoms with Gasteiger partial charge in [0, 0.05) is 21.9 Å². The van der Waals surface area contributed by atoms with Crippen LogP contribution in [0.25, 0.3) is 17.3 Å². The van der Waals surface area contributed by atoms with Gasteiger partial charge in [-0.2, -0.15) is 0 Å². The average Bonchev–Trinajstić information content (AvgIpc) is 3.49. The average molecular weight is 449 g/mol. The van der Waals surface area contributed by atoms with Crippen LogP contribution in [0, 0.1) is 0 Å². The van der Waals surface area contributed by atoms with Crippen molar-refractivity contribution in [2.75, 3.05) is 12.4 Å². The molecule has 1 N–H and O–H groups in total. The molecule has 0 fully saturated rings. The first-order valence-electron chi connectivity index (χ1n) is 9.54. The van der Waals surface area contributed by atoms with Crippen molar-refractivity contribution in [1.29, 1.82) is 0 Å². The van der Waals surface area contributed by atoms with E-state index in [1.165, 1.54) is 17.4 Å². The third kappa shape index (κ3) is 5.87. The number of ether oxygens (including phenoxy) is 1. The first-order chi connectivity index (χ1) is 15.2. The molecule has 0 spiro atoms. The van der Waals surface area contributed by atoms with Crippen LogP contribution in [0.4, 0.5) is 5.13 Å². The van der Waals surface area contributed by atoms with Gasteiger partial charge in [-0.25, -0.2) is 4.98 Å². The first-order valence-corrected chi connectivity index (χ1v) is 11.4. The van der Waals surface area contributed by atoms with Crippen molar-refractivity contribution >= 4 is 40.2 Å². The number of rotatable bonds is 8. The Balaban J connectivity index is 1.30. The molecule has 5 nitrogen and oxygen atoms in total. The minimum atomic E-state index is -0.216. The van der Waals surface area contributed by atoms with E-state index in [0.717, 1.165) is 39.0 Å². The Kier molecular flexibility index (Phi) is 6.86. The molecule has 0 atom stereocenters. The molecule has 0 saturated heterocycles. The van der Waals surface area contributed by atoms with Crippen molar-refractivity contribution in [3.8, 4) is 17.0 Å². The molecule has 4 rings (SSSR count). The van der Waals surface area contributed by atoms with Gasteiger partial charge in [0.2, 0.25) is 5.91 Å². The number of nitrogens with one attached hydrogen (secondary N) is 1. The highest BCUT2D eigenvalue weighted by atomic mass is 32.2. The molecule has 4 aromatic rings. The lowest BCUT2D eigenvalue weighted by atomic mass is 10.2. The van der Waals surface area contributed by atoms with Gasteiger partial charge >= 0.3 is 0 Å². The third-order valence-corrected chi connectivity index (χ3v) is 6.18. The Morgan fingerprint density at radius 2 is 1.97 bits per heavy atom.